The number of hydrogen-bond donors (Lipinski definition) is 0. The highest BCUT2D eigenvalue weighted by Crippen LogP contribution is 2.25. The van der Waals surface area contributed by atoms with Gasteiger partial charge in [-0.05, 0) is 42.5 Å². The summed E-state index contributed by atoms with van der Waals surface area (Å²) in [6.07, 6.45) is 0.964. The molecule has 120 valence electrons. The molecule has 0 aliphatic rings. The highest BCUT2D eigenvalue weighted by Gasteiger charge is 2.26. The minimum Gasteiger partial charge on any atom is -0.207 e. The Labute approximate surface area is 134 Å². The van der Waals surface area contributed by atoms with Crippen LogP contribution in [0.15, 0.2) is 17.0 Å². The smallest absolute Gasteiger partial charge is 0.207 e. The summed E-state index contributed by atoms with van der Waals surface area (Å²) in [7, 11) is -3.46. The van der Waals surface area contributed by atoms with Crippen molar-refractivity contribution < 1.29 is 8.42 Å². The van der Waals surface area contributed by atoms with Crippen molar-refractivity contribution in [3.63, 3.8) is 0 Å². The SMILES string of the molecule is CCC(C)CN(CC)S(=O)(=O)c1cc(CCl)c(C)cc1C. The van der Waals surface area contributed by atoms with Crippen LogP contribution in [0, 0.1) is 19.8 Å². The van der Waals surface area contributed by atoms with E-state index in [-0.39, 0.29) is 0 Å². The van der Waals surface area contributed by atoms with Crippen LogP contribution in [0.4, 0.5) is 0 Å². The van der Waals surface area contributed by atoms with Crippen molar-refractivity contribution >= 4 is 21.6 Å². The second-order valence-electron chi connectivity index (χ2n) is 5.65. The zero-order valence-corrected chi connectivity index (χ0v) is 15.2. The summed E-state index contributed by atoms with van der Waals surface area (Å²) in [5.74, 6) is 0.671. The summed E-state index contributed by atoms with van der Waals surface area (Å²) in [5, 5.41) is 0. The van der Waals surface area contributed by atoms with Gasteiger partial charge in [0.05, 0.1) is 4.90 Å². The van der Waals surface area contributed by atoms with Gasteiger partial charge < -0.3 is 0 Å². The molecule has 21 heavy (non-hydrogen) atoms. The third kappa shape index (κ3) is 4.21. The quantitative estimate of drug-likeness (QED) is 0.705. The topological polar surface area (TPSA) is 37.4 Å². The molecule has 0 saturated heterocycles. The van der Waals surface area contributed by atoms with Crippen LogP contribution >= 0.6 is 11.6 Å². The molecule has 1 atom stereocenters. The molecule has 0 saturated carbocycles. The Morgan fingerprint density at radius 1 is 1.19 bits per heavy atom. The van der Waals surface area contributed by atoms with Crippen molar-refractivity contribution in [2.45, 2.75) is 51.8 Å². The van der Waals surface area contributed by atoms with E-state index in [9.17, 15) is 8.42 Å². The second-order valence-corrected chi connectivity index (χ2v) is 7.82. The summed E-state index contributed by atoms with van der Waals surface area (Å²) in [6.45, 7) is 10.9. The van der Waals surface area contributed by atoms with E-state index in [2.05, 4.69) is 13.8 Å². The van der Waals surface area contributed by atoms with Crippen molar-refractivity contribution in [2.24, 2.45) is 5.92 Å². The number of aryl methyl sites for hydroxylation is 2. The van der Waals surface area contributed by atoms with E-state index in [0.717, 1.165) is 23.1 Å². The molecular weight excluding hydrogens is 306 g/mol. The molecule has 0 amide bonds. The predicted octanol–water partition coefficient (Wildman–Crippen LogP) is 4.10. The van der Waals surface area contributed by atoms with E-state index in [1.807, 2.05) is 26.8 Å². The maximum Gasteiger partial charge on any atom is 0.243 e. The molecule has 0 aliphatic carbocycles. The molecule has 0 fully saturated rings. The number of hydrogen-bond acceptors (Lipinski definition) is 2. The molecule has 0 radical (unpaired) electrons. The Morgan fingerprint density at radius 2 is 1.81 bits per heavy atom. The zero-order valence-electron chi connectivity index (χ0n) is 13.6. The second kappa shape index (κ2) is 7.61. The molecule has 0 N–H and O–H groups in total. The van der Waals surface area contributed by atoms with Crippen molar-refractivity contribution in [2.75, 3.05) is 13.1 Å². The molecule has 1 aromatic carbocycles. The van der Waals surface area contributed by atoms with Crippen LogP contribution in [0.2, 0.25) is 0 Å². The molecular formula is C16H26ClNO2S. The Bertz CT molecular complexity index is 584. The Balaban J connectivity index is 3.28. The maximum absolute atomic E-state index is 12.9. The first kappa shape index (κ1) is 18.5. The number of sulfonamides is 1. The molecule has 0 spiro atoms. The first-order valence-electron chi connectivity index (χ1n) is 7.44. The summed E-state index contributed by atoms with van der Waals surface area (Å²) in [4.78, 5) is 0.383. The van der Waals surface area contributed by atoms with Crippen molar-refractivity contribution in [3.8, 4) is 0 Å². The van der Waals surface area contributed by atoms with Crippen LogP contribution in [-0.4, -0.2) is 25.8 Å². The fraction of sp³-hybridized carbons (Fsp3) is 0.625. The highest BCUT2D eigenvalue weighted by molar-refractivity contribution is 7.89. The molecule has 0 aliphatic heterocycles. The van der Waals surface area contributed by atoms with Gasteiger partial charge in [-0.15, -0.1) is 11.6 Å². The molecule has 3 nitrogen and oxygen atoms in total. The van der Waals surface area contributed by atoms with Crippen LogP contribution in [0.3, 0.4) is 0 Å². The number of halogens is 1. The monoisotopic (exact) mass is 331 g/mol. The van der Waals surface area contributed by atoms with E-state index < -0.39 is 10.0 Å². The van der Waals surface area contributed by atoms with Crippen molar-refractivity contribution in [1.29, 1.82) is 0 Å². The molecule has 1 rings (SSSR count). The Hall–Kier alpha value is -0.580. The van der Waals surface area contributed by atoms with Gasteiger partial charge in [0.2, 0.25) is 10.0 Å². The average molecular weight is 332 g/mol. The lowest BCUT2D eigenvalue weighted by atomic mass is 10.1. The average Bonchev–Trinajstić information content (AvgIpc) is 2.43. The van der Waals surface area contributed by atoms with E-state index in [4.69, 9.17) is 11.6 Å². The predicted molar refractivity (Wildman–Crippen MR) is 89.4 cm³/mol. The maximum atomic E-state index is 12.9. The lowest BCUT2D eigenvalue weighted by Gasteiger charge is -2.25. The first-order valence-corrected chi connectivity index (χ1v) is 9.41. The molecule has 1 unspecified atom stereocenters. The van der Waals surface area contributed by atoms with Crippen LogP contribution in [-0.2, 0) is 15.9 Å². The zero-order chi connectivity index (χ0) is 16.2. The lowest BCUT2D eigenvalue weighted by Crippen LogP contribution is -2.35. The van der Waals surface area contributed by atoms with Crippen LogP contribution in [0.25, 0.3) is 0 Å². The summed E-state index contributed by atoms with van der Waals surface area (Å²) >= 11 is 5.92. The van der Waals surface area contributed by atoms with Crippen molar-refractivity contribution in [1.82, 2.24) is 4.31 Å². The van der Waals surface area contributed by atoms with Gasteiger partial charge in [-0.25, -0.2) is 8.42 Å². The minimum absolute atomic E-state index is 0.326. The molecule has 0 bridgehead atoms. The Kier molecular flexibility index (Phi) is 6.70. The highest BCUT2D eigenvalue weighted by atomic mass is 35.5. The van der Waals surface area contributed by atoms with Gasteiger partial charge in [-0.3, -0.25) is 0 Å². The summed E-state index contributed by atoms with van der Waals surface area (Å²) < 4.78 is 27.4. The van der Waals surface area contributed by atoms with Crippen molar-refractivity contribution in [3.05, 3.63) is 28.8 Å². The fourth-order valence-corrected chi connectivity index (χ4v) is 4.42. The standard InChI is InChI=1S/C16H26ClNO2S/c1-6-12(3)11-18(7-2)21(19,20)16-9-15(10-17)13(4)8-14(16)5/h8-9,12H,6-7,10-11H2,1-5H3. The number of benzene rings is 1. The molecule has 5 heteroatoms. The molecule has 0 heterocycles. The van der Waals surface area contributed by atoms with E-state index >= 15 is 0 Å². The van der Waals surface area contributed by atoms with Gasteiger partial charge in [0.1, 0.15) is 0 Å². The van der Waals surface area contributed by atoms with Gasteiger partial charge in [-0.1, -0.05) is 33.3 Å². The van der Waals surface area contributed by atoms with E-state index in [1.54, 1.807) is 10.4 Å². The third-order valence-corrected chi connectivity index (χ3v) is 6.33. The number of nitrogens with zero attached hydrogens (tertiary/aromatic N) is 1. The third-order valence-electron chi connectivity index (χ3n) is 3.96. The van der Waals surface area contributed by atoms with Gasteiger partial charge in [-0.2, -0.15) is 4.31 Å². The largest absolute Gasteiger partial charge is 0.243 e. The number of rotatable bonds is 7. The molecule has 0 aromatic heterocycles. The molecule has 1 aromatic rings. The number of alkyl halides is 1. The first-order chi connectivity index (χ1) is 9.77. The van der Waals surface area contributed by atoms with Crippen LogP contribution < -0.4 is 0 Å². The van der Waals surface area contributed by atoms with Gasteiger partial charge in [0.25, 0.3) is 0 Å². The lowest BCUT2D eigenvalue weighted by molar-refractivity contribution is 0.361. The van der Waals surface area contributed by atoms with Gasteiger partial charge >= 0.3 is 0 Å². The van der Waals surface area contributed by atoms with E-state index in [1.165, 1.54) is 0 Å². The fourth-order valence-electron chi connectivity index (χ4n) is 2.31. The summed E-state index contributed by atoms with van der Waals surface area (Å²) in [6, 6.07) is 3.63. The van der Waals surface area contributed by atoms with Gasteiger partial charge in [0, 0.05) is 19.0 Å². The normalized spacial score (nSPS) is 13.7. The minimum atomic E-state index is -3.46. The van der Waals surface area contributed by atoms with E-state index in [0.29, 0.717) is 29.8 Å². The van der Waals surface area contributed by atoms with Gasteiger partial charge in [0.15, 0.2) is 0 Å². The summed E-state index contributed by atoms with van der Waals surface area (Å²) in [5.41, 5.74) is 2.69. The van der Waals surface area contributed by atoms with Crippen LogP contribution in [0.1, 0.15) is 43.9 Å². The Morgan fingerprint density at radius 3 is 2.29 bits per heavy atom. The van der Waals surface area contributed by atoms with Crippen LogP contribution in [0.5, 0.6) is 0 Å².